The van der Waals surface area contributed by atoms with Gasteiger partial charge in [0.15, 0.2) is 0 Å². The minimum atomic E-state index is -0.416. The molecule has 1 unspecified atom stereocenters. The minimum Gasteiger partial charge on any atom is -0.496 e. The molecule has 0 aliphatic heterocycles. The lowest BCUT2D eigenvalue weighted by Gasteiger charge is -2.10. The predicted octanol–water partition coefficient (Wildman–Crippen LogP) is 7.10. The van der Waals surface area contributed by atoms with Crippen LogP contribution in [0, 0.1) is 31.6 Å². The van der Waals surface area contributed by atoms with E-state index in [0.29, 0.717) is 5.02 Å². The van der Waals surface area contributed by atoms with Crippen LogP contribution in [-0.2, 0) is 0 Å². The van der Waals surface area contributed by atoms with Gasteiger partial charge in [-0.05, 0) is 49.4 Å². The summed E-state index contributed by atoms with van der Waals surface area (Å²) in [4.78, 5) is 5.91. The second-order valence-electron chi connectivity index (χ2n) is 8.17. The van der Waals surface area contributed by atoms with Gasteiger partial charge in [0.1, 0.15) is 16.8 Å². The van der Waals surface area contributed by atoms with E-state index in [0.717, 1.165) is 44.8 Å². The molecule has 6 heteroatoms. The monoisotopic (exact) mass is 486 g/mol. The summed E-state index contributed by atoms with van der Waals surface area (Å²) >= 11 is 8.11. The summed E-state index contributed by atoms with van der Waals surface area (Å²) in [6.07, 6.45) is 3.73. The van der Waals surface area contributed by atoms with Crippen molar-refractivity contribution in [3.8, 4) is 28.8 Å². The highest BCUT2D eigenvalue weighted by Gasteiger charge is 2.25. The first-order valence-electron chi connectivity index (χ1n) is 10.6. The molecular weight excluding hydrogens is 459 g/mol. The van der Waals surface area contributed by atoms with Gasteiger partial charge < -0.3 is 10.5 Å². The fourth-order valence-corrected chi connectivity index (χ4v) is 4.90. The molecule has 4 rings (SSSR count). The van der Waals surface area contributed by atoms with Crippen LogP contribution in [-0.4, -0.2) is 12.1 Å². The molecule has 1 aliphatic rings. The van der Waals surface area contributed by atoms with E-state index in [2.05, 4.69) is 36.1 Å². The number of aromatic nitrogens is 1. The van der Waals surface area contributed by atoms with E-state index in [1.54, 1.807) is 18.4 Å². The van der Waals surface area contributed by atoms with Crippen molar-refractivity contribution in [2.45, 2.75) is 45.1 Å². The normalized spacial score (nSPS) is 14.7. The summed E-state index contributed by atoms with van der Waals surface area (Å²) in [5, 5.41) is 1.44. The number of aryl methyl sites for hydroxylation is 2. The van der Waals surface area contributed by atoms with Gasteiger partial charge in [0.2, 0.25) is 0 Å². The Morgan fingerprint density at radius 2 is 1.91 bits per heavy atom. The summed E-state index contributed by atoms with van der Waals surface area (Å²) in [5.74, 6) is 8.54. The number of ether oxygens (including phenoxy) is 1. The Labute approximate surface area is 205 Å². The molecule has 1 saturated carbocycles. The van der Waals surface area contributed by atoms with Crippen molar-refractivity contribution in [2.75, 3.05) is 7.11 Å². The maximum absolute atomic E-state index is 6.53. The van der Waals surface area contributed by atoms with Crippen molar-refractivity contribution < 1.29 is 4.74 Å². The van der Waals surface area contributed by atoms with Crippen LogP contribution in [0.4, 0.5) is 0 Å². The minimum absolute atomic E-state index is 0. The van der Waals surface area contributed by atoms with E-state index in [9.17, 15) is 0 Å². The second kappa shape index (κ2) is 10.7. The average molecular weight is 487 g/mol. The van der Waals surface area contributed by atoms with E-state index < -0.39 is 6.04 Å². The number of rotatable bonds is 6. The Morgan fingerprint density at radius 3 is 2.56 bits per heavy atom. The number of halogens is 2. The zero-order valence-electron chi connectivity index (χ0n) is 18.5. The van der Waals surface area contributed by atoms with Gasteiger partial charge in [-0.1, -0.05) is 66.6 Å². The van der Waals surface area contributed by atoms with E-state index in [-0.39, 0.29) is 18.3 Å². The predicted molar refractivity (Wildman–Crippen MR) is 137 cm³/mol. The summed E-state index contributed by atoms with van der Waals surface area (Å²) in [7, 11) is 1.65. The molecule has 0 spiro atoms. The highest BCUT2D eigenvalue weighted by atomic mass is 35.5. The van der Waals surface area contributed by atoms with Crippen molar-refractivity contribution in [3.63, 3.8) is 0 Å². The number of hydrogen-bond donors (Lipinski definition) is 1. The molecular formula is C26H28Cl2N2OS. The van der Waals surface area contributed by atoms with Gasteiger partial charge in [0, 0.05) is 16.4 Å². The van der Waals surface area contributed by atoms with Gasteiger partial charge in [-0.3, -0.25) is 0 Å². The molecule has 0 amide bonds. The number of nitrogens with two attached hydrogens (primary N) is 1. The van der Waals surface area contributed by atoms with Gasteiger partial charge in [0.25, 0.3) is 0 Å². The zero-order valence-corrected chi connectivity index (χ0v) is 20.9. The molecule has 1 aromatic heterocycles. The fraction of sp³-hybridized carbons (Fsp3) is 0.346. The first-order chi connectivity index (χ1) is 15.0. The quantitative estimate of drug-likeness (QED) is 0.378. The van der Waals surface area contributed by atoms with Gasteiger partial charge in [-0.2, -0.15) is 0 Å². The molecule has 0 radical (unpaired) electrons. The summed E-state index contributed by atoms with van der Waals surface area (Å²) in [6, 6.07) is 14.0. The number of hydrogen-bond acceptors (Lipinski definition) is 4. The van der Waals surface area contributed by atoms with E-state index >= 15 is 0 Å². The largest absolute Gasteiger partial charge is 0.496 e. The topological polar surface area (TPSA) is 48.1 Å². The van der Waals surface area contributed by atoms with Crippen molar-refractivity contribution in [2.24, 2.45) is 11.7 Å². The maximum Gasteiger partial charge on any atom is 0.123 e. The van der Waals surface area contributed by atoms with Crippen LogP contribution in [0.15, 0.2) is 42.5 Å². The second-order valence-corrected chi connectivity index (χ2v) is 9.81. The highest BCUT2D eigenvalue weighted by molar-refractivity contribution is 7.12. The Balaban J connectivity index is 0.00000289. The standard InChI is InChI=1S/C26H27ClN2OS.ClH/c1-16-13-21(22(27)15-24(16)30-3)25-17(2)31-26(29-25)23(28)12-11-20(14-18-9-10-18)19-7-5-4-6-8-19;/h4-8,13,15,18,20,23H,9-10,14,28H2,1-3H3;1H/t20-,23?;/m0./s1. The Morgan fingerprint density at radius 1 is 1.19 bits per heavy atom. The molecule has 1 heterocycles. The Hall–Kier alpha value is -2.03. The van der Waals surface area contributed by atoms with Gasteiger partial charge >= 0.3 is 0 Å². The van der Waals surface area contributed by atoms with Crippen molar-refractivity contribution in [3.05, 3.63) is 68.5 Å². The third kappa shape index (κ3) is 5.66. The smallest absolute Gasteiger partial charge is 0.123 e. The van der Waals surface area contributed by atoms with E-state index in [4.69, 9.17) is 27.1 Å². The van der Waals surface area contributed by atoms with Crippen LogP contribution in [0.3, 0.4) is 0 Å². The Bertz CT molecular complexity index is 1130. The van der Waals surface area contributed by atoms with E-state index in [1.165, 1.54) is 18.4 Å². The van der Waals surface area contributed by atoms with Gasteiger partial charge in [-0.15, -0.1) is 23.7 Å². The van der Waals surface area contributed by atoms with Crippen molar-refractivity contribution >= 4 is 35.3 Å². The molecule has 1 aliphatic carbocycles. The zero-order chi connectivity index (χ0) is 22.0. The van der Waals surface area contributed by atoms with Crippen LogP contribution in [0.1, 0.15) is 52.2 Å². The number of methoxy groups -OCH3 is 1. The fourth-order valence-electron chi connectivity index (χ4n) is 3.77. The summed E-state index contributed by atoms with van der Waals surface area (Å²) in [6.45, 7) is 4.05. The van der Waals surface area contributed by atoms with Crippen LogP contribution < -0.4 is 10.5 Å². The van der Waals surface area contributed by atoms with Crippen LogP contribution >= 0.6 is 35.3 Å². The third-order valence-corrected chi connectivity index (χ3v) is 7.07. The number of thiazole rings is 1. The van der Waals surface area contributed by atoms with Crippen LogP contribution in [0.2, 0.25) is 5.02 Å². The number of nitrogens with zero attached hydrogens (tertiary/aromatic N) is 1. The molecule has 32 heavy (non-hydrogen) atoms. The molecule has 168 valence electrons. The van der Waals surface area contributed by atoms with Crippen LogP contribution in [0.25, 0.3) is 11.3 Å². The highest BCUT2D eigenvalue weighted by Crippen LogP contribution is 2.39. The SMILES string of the molecule is COc1cc(Cl)c(-c2nc(C(N)C#C[C@@H](CC3CC3)c3ccccc3)sc2C)cc1C.Cl. The molecule has 3 nitrogen and oxygen atoms in total. The van der Waals surface area contributed by atoms with E-state index in [1.807, 2.05) is 32.0 Å². The molecule has 2 N–H and O–H groups in total. The molecule has 1 fully saturated rings. The molecule has 2 aromatic carbocycles. The summed E-state index contributed by atoms with van der Waals surface area (Å²) in [5.41, 5.74) is 10.5. The summed E-state index contributed by atoms with van der Waals surface area (Å²) < 4.78 is 5.37. The average Bonchev–Trinajstić information content (AvgIpc) is 3.52. The molecule has 3 aromatic rings. The lowest BCUT2D eigenvalue weighted by Crippen LogP contribution is -2.08. The molecule has 0 bridgehead atoms. The number of benzene rings is 2. The first kappa shape index (κ1) is 24.6. The van der Waals surface area contributed by atoms with Crippen molar-refractivity contribution in [1.29, 1.82) is 0 Å². The maximum atomic E-state index is 6.53. The lowest BCUT2D eigenvalue weighted by molar-refractivity contribution is 0.412. The van der Waals surface area contributed by atoms with Gasteiger partial charge in [0.05, 0.1) is 17.8 Å². The lowest BCUT2D eigenvalue weighted by atomic mass is 9.94. The molecule has 2 atom stereocenters. The van der Waals surface area contributed by atoms with Crippen molar-refractivity contribution in [1.82, 2.24) is 4.98 Å². The van der Waals surface area contributed by atoms with Gasteiger partial charge in [-0.25, -0.2) is 4.98 Å². The third-order valence-electron chi connectivity index (χ3n) is 5.70. The molecule has 0 saturated heterocycles. The Kier molecular flexibility index (Phi) is 8.25. The van der Waals surface area contributed by atoms with Crippen LogP contribution in [0.5, 0.6) is 5.75 Å². The first-order valence-corrected chi connectivity index (χ1v) is 11.8.